The highest BCUT2D eigenvalue weighted by atomic mass is 16.2. The minimum absolute atomic E-state index is 0.0452. The van der Waals surface area contributed by atoms with Gasteiger partial charge >= 0.3 is 6.03 Å². The minimum atomic E-state index is -0.171. The van der Waals surface area contributed by atoms with Crippen LogP contribution in [0.3, 0.4) is 0 Å². The number of rotatable bonds is 3. The number of urea groups is 1. The molecule has 128 valence electrons. The van der Waals surface area contributed by atoms with Crippen molar-refractivity contribution in [3.05, 3.63) is 35.9 Å². The molecule has 0 unspecified atom stereocenters. The second kappa shape index (κ2) is 6.20. The second-order valence-corrected chi connectivity index (χ2v) is 7.33. The number of carbonyl (C=O) groups is 2. The summed E-state index contributed by atoms with van der Waals surface area (Å²) < 4.78 is 0. The Morgan fingerprint density at radius 2 is 1.88 bits per heavy atom. The summed E-state index contributed by atoms with van der Waals surface area (Å²) in [5.41, 5.74) is 1.32. The van der Waals surface area contributed by atoms with Crippen molar-refractivity contribution in [1.29, 1.82) is 0 Å². The van der Waals surface area contributed by atoms with Crippen LogP contribution in [-0.2, 0) is 11.3 Å². The number of amides is 3. The molecule has 0 saturated carbocycles. The summed E-state index contributed by atoms with van der Waals surface area (Å²) in [6.07, 6.45) is 3.56. The van der Waals surface area contributed by atoms with E-state index in [9.17, 15) is 9.59 Å². The van der Waals surface area contributed by atoms with Crippen LogP contribution >= 0.6 is 0 Å². The third-order valence-electron chi connectivity index (χ3n) is 5.81. The number of nitrogens with zero attached hydrogens (tertiary/aromatic N) is 3. The predicted octanol–water partition coefficient (Wildman–Crippen LogP) is 2.47. The molecule has 3 amide bonds. The van der Waals surface area contributed by atoms with Crippen LogP contribution in [0.2, 0.25) is 0 Å². The molecule has 0 N–H and O–H groups in total. The van der Waals surface area contributed by atoms with Gasteiger partial charge in [0.2, 0.25) is 0 Å². The molecule has 0 aliphatic carbocycles. The van der Waals surface area contributed by atoms with Gasteiger partial charge in [-0.3, -0.25) is 14.6 Å². The summed E-state index contributed by atoms with van der Waals surface area (Å²) in [6, 6.07) is 10.7. The molecule has 1 aromatic rings. The molecule has 3 atom stereocenters. The van der Waals surface area contributed by atoms with Crippen LogP contribution in [0, 0.1) is 0 Å². The molecule has 1 aromatic carbocycles. The average molecular weight is 327 g/mol. The van der Waals surface area contributed by atoms with Crippen molar-refractivity contribution in [2.75, 3.05) is 13.1 Å². The van der Waals surface area contributed by atoms with Gasteiger partial charge in [0.1, 0.15) is 6.04 Å². The summed E-state index contributed by atoms with van der Waals surface area (Å²) in [5, 5.41) is 0. The van der Waals surface area contributed by atoms with Gasteiger partial charge in [-0.25, -0.2) is 4.79 Å². The van der Waals surface area contributed by atoms with Crippen LogP contribution in [0.5, 0.6) is 0 Å². The normalized spacial score (nSPS) is 31.0. The zero-order chi connectivity index (χ0) is 16.7. The lowest BCUT2D eigenvalue weighted by Gasteiger charge is -2.40. The maximum Gasteiger partial charge on any atom is 0.327 e. The molecular weight excluding hydrogens is 302 g/mol. The van der Waals surface area contributed by atoms with Gasteiger partial charge in [0, 0.05) is 31.7 Å². The first kappa shape index (κ1) is 15.6. The van der Waals surface area contributed by atoms with Gasteiger partial charge < -0.3 is 4.90 Å². The van der Waals surface area contributed by atoms with Crippen molar-refractivity contribution < 1.29 is 9.59 Å². The van der Waals surface area contributed by atoms with Gasteiger partial charge in [-0.1, -0.05) is 30.3 Å². The molecule has 5 nitrogen and oxygen atoms in total. The highest BCUT2D eigenvalue weighted by molar-refractivity contribution is 6.04. The van der Waals surface area contributed by atoms with Crippen LogP contribution in [0.15, 0.2) is 30.3 Å². The fraction of sp³-hybridized carbons (Fsp3) is 0.579. The topological polar surface area (TPSA) is 43.9 Å². The number of hydrogen-bond donors (Lipinski definition) is 0. The summed E-state index contributed by atoms with van der Waals surface area (Å²) in [4.78, 5) is 31.0. The summed E-state index contributed by atoms with van der Waals surface area (Å²) in [6.45, 7) is 4.82. The van der Waals surface area contributed by atoms with Crippen molar-refractivity contribution in [1.82, 2.24) is 14.7 Å². The van der Waals surface area contributed by atoms with Crippen molar-refractivity contribution in [3.8, 4) is 0 Å². The van der Waals surface area contributed by atoms with Gasteiger partial charge in [-0.05, 0) is 38.2 Å². The predicted molar refractivity (Wildman–Crippen MR) is 91.3 cm³/mol. The Labute approximate surface area is 143 Å². The first-order valence-electron chi connectivity index (χ1n) is 9.07. The second-order valence-electron chi connectivity index (χ2n) is 7.33. The van der Waals surface area contributed by atoms with Crippen molar-refractivity contribution in [2.24, 2.45) is 0 Å². The Morgan fingerprint density at radius 3 is 2.58 bits per heavy atom. The molecule has 5 heteroatoms. The number of likely N-dealkylation sites (tertiary alicyclic amines) is 1. The van der Waals surface area contributed by atoms with Gasteiger partial charge in [0.05, 0.1) is 0 Å². The maximum absolute atomic E-state index is 12.6. The average Bonchev–Trinajstić information content (AvgIpc) is 3.15. The van der Waals surface area contributed by atoms with E-state index < -0.39 is 0 Å². The summed E-state index contributed by atoms with van der Waals surface area (Å²) in [5.74, 6) is 0.0474. The van der Waals surface area contributed by atoms with E-state index in [-0.39, 0.29) is 24.0 Å². The molecule has 0 radical (unpaired) electrons. The first-order chi connectivity index (χ1) is 11.6. The van der Waals surface area contributed by atoms with Crippen LogP contribution in [0.4, 0.5) is 4.79 Å². The number of hydrogen-bond acceptors (Lipinski definition) is 3. The molecule has 0 bridgehead atoms. The van der Waals surface area contributed by atoms with Crippen LogP contribution in [0.25, 0.3) is 0 Å². The third kappa shape index (κ3) is 2.61. The number of piperidine rings is 1. The Hall–Kier alpha value is -1.88. The van der Waals surface area contributed by atoms with Crippen LogP contribution < -0.4 is 0 Å². The molecule has 3 saturated heterocycles. The van der Waals surface area contributed by atoms with Crippen molar-refractivity contribution >= 4 is 11.9 Å². The quantitative estimate of drug-likeness (QED) is 0.801. The molecule has 24 heavy (non-hydrogen) atoms. The van der Waals surface area contributed by atoms with Gasteiger partial charge in [0.25, 0.3) is 5.91 Å². The zero-order valence-electron chi connectivity index (χ0n) is 14.2. The van der Waals surface area contributed by atoms with E-state index in [4.69, 9.17) is 0 Å². The Kier molecular flexibility index (Phi) is 4.04. The van der Waals surface area contributed by atoms with E-state index in [2.05, 4.69) is 36.1 Å². The molecule has 0 aromatic heterocycles. The van der Waals surface area contributed by atoms with E-state index >= 15 is 0 Å². The number of fused-ring (bicyclic) bond motifs is 1. The van der Waals surface area contributed by atoms with E-state index in [0.717, 1.165) is 45.3 Å². The SMILES string of the molecule is C[C@@H]1C[C@@H](N2C(=O)[C@@H]3CCCN3C2=O)CCN1Cc1ccccc1. The van der Waals surface area contributed by atoms with E-state index in [0.29, 0.717) is 6.04 Å². The van der Waals surface area contributed by atoms with Crippen LogP contribution in [0.1, 0.15) is 38.2 Å². The summed E-state index contributed by atoms with van der Waals surface area (Å²) in [7, 11) is 0. The lowest BCUT2D eigenvalue weighted by atomic mass is 9.96. The van der Waals surface area contributed by atoms with E-state index in [1.807, 2.05) is 6.07 Å². The number of carbonyl (C=O) groups excluding carboxylic acids is 2. The molecule has 0 spiro atoms. The van der Waals surface area contributed by atoms with E-state index in [1.165, 1.54) is 5.56 Å². The van der Waals surface area contributed by atoms with Gasteiger partial charge in [-0.15, -0.1) is 0 Å². The van der Waals surface area contributed by atoms with E-state index in [1.54, 1.807) is 9.80 Å². The third-order valence-corrected chi connectivity index (χ3v) is 5.81. The maximum atomic E-state index is 12.6. The Balaban J connectivity index is 1.41. The zero-order valence-corrected chi connectivity index (χ0v) is 14.2. The highest BCUT2D eigenvalue weighted by Crippen LogP contribution is 2.32. The molecular formula is C19H25N3O2. The smallest absolute Gasteiger partial charge is 0.312 e. The highest BCUT2D eigenvalue weighted by Gasteiger charge is 2.50. The van der Waals surface area contributed by atoms with Crippen LogP contribution in [-0.4, -0.2) is 57.9 Å². The molecule has 3 heterocycles. The Bertz CT molecular complexity index is 611. The lowest BCUT2D eigenvalue weighted by molar-refractivity contribution is -0.130. The fourth-order valence-electron chi connectivity index (χ4n) is 4.46. The summed E-state index contributed by atoms with van der Waals surface area (Å²) >= 11 is 0. The molecule has 3 aliphatic heterocycles. The Morgan fingerprint density at radius 1 is 1.08 bits per heavy atom. The minimum Gasteiger partial charge on any atom is -0.312 e. The lowest BCUT2D eigenvalue weighted by Crippen LogP contribution is -2.51. The monoisotopic (exact) mass is 327 g/mol. The van der Waals surface area contributed by atoms with Gasteiger partial charge in [0.15, 0.2) is 0 Å². The van der Waals surface area contributed by atoms with Crippen molar-refractivity contribution in [3.63, 3.8) is 0 Å². The number of benzene rings is 1. The standard InChI is InChI=1S/C19H25N3O2/c1-14-12-16(9-11-20(14)13-15-6-3-2-4-7-15)22-18(23)17-8-5-10-21(17)19(22)24/h2-4,6-7,14,16-17H,5,8-13H2,1H3/t14-,16+,17+/m1/s1. The molecule has 4 rings (SSSR count). The molecule has 3 aliphatic rings. The largest absolute Gasteiger partial charge is 0.327 e. The fourth-order valence-corrected chi connectivity index (χ4v) is 4.46. The number of imide groups is 1. The first-order valence-corrected chi connectivity index (χ1v) is 9.07. The molecule has 3 fully saturated rings. The van der Waals surface area contributed by atoms with Crippen molar-refractivity contribution in [2.45, 2.75) is 57.3 Å². The van der Waals surface area contributed by atoms with Gasteiger partial charge in [-0.2, -0.15) is 0 Å².